The molecule has 0 bridgehead atoms. The molecule has 0 aliphatic carbocycles. The van der Waals surface area contributed by atoms with Gasteiger partial charge >= 0.3 is 0 Å². The molecule has 0 radical (unpaired) electrons. The number of hydrogen-bond donors (Lipinski definition) is 1. The number of benzene rings is 2. The molecule has 1 heterocycles. The lowest BCUT2D eigenvalue weighted by molar-refractivity contribution is -0.120. The van der Waals surface area contributed by atoms with Crippen molar-refractivity contribution in [2.45, 2.75) is 31.6 Å². The van der Waals surface area contributed by atoms with Gasteiger partial charge in [-0.3, -0.25) is 4.79 Å². The number of rotatable bonds is 6. The van der Waals surface area contributed by atoms with Crippen LogP contribution in [0.4, 0.5) is 5.69 Å². The summed E-state index contributed by atoms with van der Waals surface area (Å²) in [7, 11) is -3.67. The predicted octanol–water partition coefficient (Wildman–Crippen LogP) is 4.09. The summed E-state index contributed by atoms with van der Waals surface area (Å²) in [6.45, 7) is 4.80. The van der Waals surface area contributed by atoms with Crippen molar-refractivity contribution in [3.05, 3.63) is 53.1 Å². The molecule has 1 N–H and O–H groups in total. The number of nitrogens with one attached hydrogen (secondary N) is 1. The summed E-state index contributed by atoms with van der Waals surface area (Å²) in [6.07, 6.45) is 0.948. The third-order valence-corrected chi connectivity index (χ3v) is 7.26. The fraction of sp³-hybridized carbons (Fsp3) is 0.381. The molecular formula is C21H25ClN2O4S. The van der Waals surface area contributed by atoms with Gasteiger partial charge in [0.25, 0.3) is 0 Å². The van der Waals surface area contributed by atoms with Crippen LogP contribution in [0.1, 0.15) is 25.3 Å². The van der Waals surface area contributed by atoms with Crippen LogP contribution in [0.2, 0.25) is 5.02 Å². The van der Waals surface area contributed by atoms with Gasteiger partial charge < -0.3 is 10.1 Å². The number of para-hydroxylation sites is 1. The van der Waals surface area contributed by atoms with Crippen LogP contribution in [-0.4, -0.2) is 38.3 Å². The molecule has 2 aromatic carbocycles. The quantitative estimate of drug-likeness (QED) is 0.740. The molecule has 0 saturated carbocycles. The predicted molar refractivity (Wildman–Crippen MR) is 114 cm³/mol. The number of sulfonamides is 1. The number of anilines is 1. The topological polar surface area (TPSA) is 75.7 Å². The summed E-state index contributed by atoms with van der Waals surface area (Å²) >= 11 is 6.15. The van der Waals surface area contributed by atoms with E-state index in [0.717, 1.165) is 11.3 Å². The molecule has 1 aliphatic heterocycles. The number of ether oxygens (including phenoxy) is 1. The Kier molecular flexibility index (Phi) is 6.82. The fourth-order valence-electron chi connectivity index (χ4n) is 3.37. The van der Waals surface area contributed by atoms with E-state index < -0.39 is 10.0 Å². The molecule has 1 aliphatic rings. The molecule has 3 rings (SSSR count). The van der Waals surface area contributed by atoms with Crippen molar-refractivity contribution >= 4 is 33.2 Å². The summed E-state index contributed by atoms with van der Waals surface area (Å²) in [5.74, 6) is 0.171. The van der Waals surface area contributed by atoms with Gasteiger partial charge in [-0.15, -0.1) is 0 Å². The Morgan fingerprint density at radius 2 is 1.90 bits per heavy atom. The summed E-state index contributed by atoms with van der Waals surface area (Å²) in [6, 6.07) is 12.1. The number of piperidine rings is 1. The van der Waals surface area contributed by atoms with Gasteiger partial charge in [-0.05, 0) is 56.5 Å². The molecular weight excluding hydrogens is 412 g/mol. The van der Waals surface area contributed by atoms with Gasteiger partial charge in [-0.25, -0.2) is 8.42 Å². The van der Waals surface area contributed by atoms with Crippen molar-refractivity contribution in [1.29, 1.82) is 0 Å². The zero-order valence-electron chi connectivity index (χ0n) is 16.5. The number of carbonyl (C=O) groups is 1. The number of halogens is 1. The Labute approximate surface area is 176 Å². The molecule has 29 heavy (non-hydrogen) atoms. The van der Waals surface area contributed by atoms with E-state index in [4.69, 9.17) is 16.3 Å². The lowest BCUT2D eigenvalue weighted by Gasteiger charge is -2.30. The van der Waals surface area contributed by atoms with Crippen molar-refractivity contribution in [2.75, 3.05) is 25.0 Å². The van der Waals surface area contributed by atoms with Crippen molar-refractivity contribution in [3.8, 4) is 5.75 Å². The third-order valence-electron chi connectivity index (χ3n) is 5.07. The number of amides is 1. The van der Waals surface area contributed by atoms with Crippen molar-refractivity contribution < 1.29 is 17.9 Å². The standard InChI is InChI=1S/C21H25ClN2O4S/c1-3-28-20-9-8-17(14-18(20)22)29(26,27)24-12-10-16(11-13-24)21(25)23-19-7-5-4-6-15(19)2/h4-9,14,16H,3,10-13H2,1-2H3,(H,23,25). The van der Waals surface area contributed by atoms with Crippen LogP contribution < -0.4 is 10.1 Å². The van der Waals surface area contributed by atoms with Gasteiger partial charge in [0, 0.05) is 24.7 Å². The molecule has 6 nitrogen and oxygen atoms in total. The van der Waals surface area contributed by atoms with Crippen molar-refractivity contribution in [2.24, 2.45) is 5.92 Å². The maximum Gasteiger partial charge on any atom is 0.243 e. The molecule has 156 valence electrons. The van der Waals surface area contributed by atoms with Crippen LogP contribution in [0.3, 0.4) is 0 Å². The van der Waals surface area contributed by atoms with E-state index in [0.29, 0.717) is 38.3 Å². The maximum absolute atomic E-state index is 12.9. The van der Waals surface area contributed by atoms with Gasteiger partial charge in [-0.1, -0.05) is 29.8 Å². The van der Waals surface area contributed by atoms with Crippen LogP contribution in [0.15, 0.2) is 47.4 Å². The summed E-state index contributed by atoms with van der Waals surface area (Å²) in [5, 5.41) is 3.22. The zero-order chi connectivity index (χ0) is 21.0. The maximum atomic E-state index is 12.9. The molecule has 1 fully saturated rings. The van der Waals surface area contributed by atoms with E-state index in [2.05, 4.69) is 5.32 Å². The van der Waals surface area contributed by atoms with Gasteiger partial charge in [0.05, 0.1) is 16.5 Å². The van der Waals surface area contributed by atoms with E-state index in [1.807, 2.05) is 38.1 Å². The number of carbonyl (C=O) groups excluding carboxylic acids is 1. The lowest BCUT2D eigenvalue weighted by atomic mass is 9.97. The highest BCUT2D eigenvalue weighted by atomic mass is 35.5. The zero-order valence-corrected chi connectivity index (χ0v) is 18.1. The summed E-state index contributed by atoms with van der Waals surface area (Å²) in [4.78, 5) is 12.7. The van der Waals surface area contributed by atoms with E-state index in [1.165, 1.54) is 16.4 Å². The first-order valence-corrected chi connectivity index (χ1v) is 11.4. The Morgan fingerprint density at radius 3 is 2.52 bits per heavy atom. The second kappa shape index (κ2) is 9.15. The van der Waals surface area contributed by atoms with Gasteiger partial charge in [0.2, 0.25) is 15.9 Å². The van der Waals surface area contributed by atoms with Gasteiger partial charge in [0.1, 0.15) is 5.75 Å². The van der Waals surface area contributed by atoms with Crippen LogP contribution >= 0.6 is 11.6 Å². The van der Waals surface area contributed by atoms with Crippen molar-refractivity contribution in [1.82, 2.24) is 4.31 Å². The number of aryl methyl sites for hydroxylation is 1. The van der Waals surface area contributed by atoms with Crippen LogP contribution in [-0.2, 0) is 14.8 Å². The molecule has 2 aromatic rings. The fourth-order valence-corrected chi connectivity index (χ4v) is 5.17. The van der Waals surface area contributed by atoms with Crippen LogP contribution in [0.5, 0.6) is 5.75 Å². The highest BCUT2D eigenvalue weighted by Crippen LogP contribution is 2.30. The van der Waals surface area contributed by atoms with E-state index in [9.17, 15) is 13.2 Å². The Morgan fingerprint density at radius 1 is 1.21 bits per heavy atom. The molecule has 1 amide bonds. The van der Waals surface area contributed by atoms with E-state index >= 15 is 0 Å². The molecule has 1 saturated heterocycles. The molecule has 0 spiro atoms. The second-order valence-electron chi connectivity index (χ2n) is 7.01. The summed E-state index contributed by atoms with van der Waals surface area (Å²) < 4.78 is 32.7. The summed E-state index contributed by atoms with van der Waals surface area (Å²) in [5.41, 5.74) is 1.78. The Bertz CT molecular complexity index is 986. The largest absolute Gasteiger partial charge is 0.492 e. The number of hydrogen-bond acceptors (Lipinski definition) is 4. The van der Waals surface area contributed by atoms with Gasteiger partial charge in [0.15, 0.2) is 0 Å². The lowest BCUT2D eigenvalue weighted by Crippen LogP contribution is -2.41. The van der Waals surface area contributed by atoms with Gasteiger partial charge in [-0.2, -0.15) is 4.31 Å². The van der Waals surface area contributed by atoms with Crippen LogP contribution in [0, 0.1) is 12.8 Å². The molecule has 0 atom stereocenters. The van der Waals surface area contributed by atoms with E-state index in [-0.39, 0.29) is 21.7 Å². The molecule has 0 aromatic heterocycles. The molecule has 0 unspecified atom stereocenters. The smallest absolute Gasteiger partial charge is 0.243 e. The number of nitrogens with zero attached hydrogens (tertiary/aromatic N) is 1. The minimum atomic E-state index is -3.67. The Hall–Kier alpha value is -2.09. The third kappa shape index (κ3) is 4.91. The monoisotopic (exact) mass is 436 g/mol. The average Bonchev–Trinajstić information content (AvgIpc) is 2.71. The first-order valence-electron chi connectivity index (χ1n) is 9.62. The highest BCUT2D eigenvalue weighted by Gasteiger charge is 2.32. The van der Waals surface area contributed by atoms with Crippen molar-refractivity contribution in [3.63, 3.8) is 0 Å². The SMILES string of the molecule is CCOc1ccc(S(=O)(=O)N2CCC(C(=O)Nc3ccccc3C)CC2)cc1Cl. The highest BCUT2D eigenvalue weighted by molar-refractivity contribution is 7.89. The average molecular weight is 437 g/mol. The first-order chi connectivity index (χ1) is 13.8. The normalized spacial score (nSPS) is 15.8. The van der Waals surface area contributed by atoms with E-state index in [1.54, 1.807) is 6.07 Å². The Balaban J connectivity index is 1.64. The minimum absolute atomic E-state index is 0.0690. The van der Waals surface area contributed by atoms with Crippen LogP contribution in [0.25, 0.3) is 0 Å². The minimum Gasteiger partial charge on any atom is -0.492 e. The second-order valence-corrected chi connectivity index (χ2v) is 9.35. The first kappa shape index (κ1) is 21.6. The molecule has 8 heteroatoms.